The van der Waals surface area contributed by atoms with Gasteiger partial charge in [0.05, 0.1) is 11.7 Å². The minimum absolute atomic E-state index is 0.0687. The number of benzene rings is 2. The average Bonchev–Trinajstić information content (AvgIpc) is 2.85. The lowest BCUT2D eigenvalue weighted by Crippen LogP contribution is -2.46. The molecule has 1 N–H and O–H groups in total. The summed E-state index contributed by atoms with van der Waals surface area (Å²) in [4.78, 5) is 29.6. The average molecular weight is 482 g/mol. The molecule has 1 aliphatic heterocycles. The van der Waals surface area contributed by atoms with Crippen LogP contribution in [-0.4, -0.2) is 67.6 Å². The smallest absolute Gasteiger partial charge is 0.257 e. The SMILES string of the molecule is CCCC(=O)Nc1ccc2c(c1)C(=O)N(C)C[C@@H](OC)[C@H](C)CN(Cc1ccccc1)[C@@H](C)CO2. The lowest BCUT2D eigenvalue weighted by Gasteiger charge is -2.36. The summed E-state index contributed by atoms with van der Waals surface area (Å²) in [5, 5.41) is 2.89. The van der Waals surface area contributed by atoms with Crippen molar-refractivity contribution in [2.45, 2.75) is 52.3 Å². The van der Waals surface area contributed by atoms with Gasteiger partial charge < -0.3 is 19.7 Å². The van der Waals surface area contributed by atoms with Crippen molar-refractivity contribution in [1.82, 2.24) is 9.80 Å². The molecule has 0 aromatic heterocycles. The zero-order chi connectivity index (χ0) is 25.4. The molecule has 3 atom stereocenters. The van der Waals surface area contributed by atoms with Crippen molar-refractivity contribution in [3.63, 3.8) is 0 Å². The molecule has 0 saturated carbocycles. The van der Waals surface area contributed by atoms with Gasteiger partial charge in [0.1, 0.15) is 12.4 Å². The highest BCUT2D eigenvalue weighted by Crippen LogP contribution is 2.27. The first kappa shape index (κ1) is 26.7. The van der Waals surface area contributed by atoms with Crippen molar-refractivity contribution in [1.29, 1.82) is 0 Å². The fraction of sp³-hybridized carbons (Fsp3) is 0.500. The lowest BCUT2D eigenvalue weighted by molar-refractivity contribution is -0.116. The third kappa shape index (κ3) is 7.29. The van der Waals surface area contributed by atoms with Gasteiger partial charge in [0.25, 0.3) is 5.91 Å². The molecule has 0 radical (unpaired) electrons. The molecule has 0 saturated heterocycles. The van der Waals surface area contributed by atoms with E-state index < -0.39 is 0 Å². The second-order valence-corrected chi connectivity index (χ2v) is 9.52. The van der Waals surface area contributed by atoms with E-state index in [0.717, 1.165) is 19.5 Å². The number of anilines is 1. The largest absolute Gasteiger partial charge is 0.491 e. The summed E-state index contributed by atoms with van der Waals surface area (Å²) in [6, 6.07) is 15.8. The Balaban J connectivity index is 1.92. The van der Waals surface area contributed by atoms with Crippen LogP contribution in [0.3, 0.4) is 0 Å². The summed E-state index contributed by atoms with van der Waals surface area (Å²) in [6.45, 7) is 8.78. The van der Waals surface area contributed by atoms with Crippen molar-refractivity contribution in [2.24, 2.45) is 5.92 Å². The molecular formula is C28H39N3O4. The van der Waals surface area contributed by atoms with Gasteiger partial charge in [-0.25, -0.2) is 0 Å². The minimum atomic E-state index is -0.157. The standard InChI is InChI=1S/C28H39N3O4/c1-6-10-27(32)29-23-13-14-25-24(15-23)28(33)30(4)18-26(34-5)20(2)16-31(21(3)19-35-25)17-22-11-8-7-9-12-22/h7-9,11-15,20-21,26H,6,10,16-19H2,1-5H3,(H,29,32)/t20-,21+,26-/m1/s1. The quantitative estimate of drug-likeness (QED) is 0.661. The number of likely N-dealkylation sites (N-methyl/N-ethyl adjacent to an activating group) is 1. The van der Waals surface area contributed by atoms with Crippen LogP contribution >= 0.6 is 0 Å². The van der Waals surface area contributed by atoms with Crippen LogP contribution in [0.15, 0.2) is 48.5 Å². The van der Waals surface area contributed by atoms with E-state index in [4.69, 9.17) is 9.47 Å². The van der Waals surface area contributed by atoms with Gasteiger partial charge in [-0.3, -0.25) is 14.5 Å². The van der Waals surface area contributed by atoms with Gasteiger partial charge in [-0.1, -0.05) is 44.2 Å². The Morgan fingerprint density at radius 1 is 1.14 bits per heavy atom. The van der Waals surface area contributed by atoms with Crippen molar-refractivity contribution in [2.75, 3.05) is 39.2 Å². The Morgan fingerprint density at radius 3 is 2.57 bits per heavy atom. The number of nitrogens with one attached hydrogen (secondary N) is 1. The van der Waals surface area contributed by atoms with Gasteiger partial charge in [0.15, 0.2) is 0 Å². The van der Waals surface area contributed by atoms with Gasteiger partial charge in [0, 0.05) is 51.9 Å². The molecule has 7 nitrogen and oxygen atoms in total. The van der Waals surface area contributed by atoms with E-state index >= 15 is 0 Å². The second-order valence-electron chi connectivity index (χ2n) is 9.52. The highest BCUT2D eigenvalue weighted by atomic mass is 16.5. The van der Waals surface area contributed by atoms with Crippen LogP contribution in [0.4, 0.5) is 5.69 Å². The normalized spacial score (nSPS) is 21.9. The molecule has 3 rings (SSSR count). The van der Waals surface area contributed by atoms with Crippen LogP contribution in [0, 0.1) is 5.92 Å². The number of carbonyl (C=O) groups excluding carboxylic acids is 2. The van der Waals surface area contributed by atoms with Crippen LogP contribution in [0.1, 0.15) is 49.5 Å². The molecule has 2 aromatic rings. The van der Waals surface area contributed by atoms with E-state index in [-0.39, 0.29) is 29.9 Å². The Hall–Kier alpha value is -2.90. The Bertz CT molecular complexity index is 981. The number of nitrogens with zero attached hydrogens (tertiary/aromatic N) is 2. The van der Waals surface area contributed by atoms with Crippen molar-refractivity contribution in [3.05, 3.63) is 59.7 Å². The van der Waals surface area contributed by atoms with E-state index in [9.17, 15) is 9.59 Å². The molecule has 0 unspecified atom stereocenters. The van der Waals surface area contributed by atoms with Crippen LogP contribution in [0.25, 0.3) is 0 Å². The van der Waals surface area contributed by atoms with Gasteiger partial charge >= 0.3 is 0 Å². The predicted octanol–water partition coefficient (Wildman–Crippen LogP) is 4.43. The van der Waals surface area contributed by atoms with Crippen molar-refractivity contribution in [3.8, 4) is 5.75 Å². The monoisotopic (exact) mass is 481 g/mol. The third-order valence-corrected chi connectivity index (χ3v) is 6.56. The molecule has 1 heterocycles. The number of fused-ring (bicyclic) bond motifs is 1. The van der Waals surface area contributed by atoms with Crippen molar-refractivity contribution >= 4 is 17.5 Å². The number of rotatable bonds is 6. The number of hydrogen-bond acceptors (Lipinski definition) is 5. The van der Waals surface area contributed by atoms with E-state index in [1.807, 2.05) is 13.0 Å². The molecule has 1 aliphatic rings. The summed E-state index contributed by atoms with van der Waals surface area (Å²) >= 11 is 0. The van der Waals surface area contributed by atoms with Gasteiger partial charge in [0.2, 0.25) is 5.91 Å². The Morgan fingerprint density at radius 2 is 1.89 bits per heavy atom. The molecule has 190 valence electrons. The number of carbonyl (C=O) groups is 2. The Labute approximate surface area is 209 Å². The summed E-state index contributed by atoms with van der Waals surface area (Å²) in [5.74, 6) is 0.486. The van der Waals surface area contributed by atoms with Crippen LogP contribution in [0.2, 0.25) is 0 Å². The predicted molar refractivity (Wildman–Crippen MR) is 139 cm³/mol. The van der Waals surface area contributed by atoms with Gasteiger partial charge in [-0.15, -0.1) is 0 Å². The van der Waals surface area contributed by atoms with Crippen LogP contribution < -0.4 is 10.1 Å². The maximum absolute atomic E-state index is 13.4. The third-order valence-electron chi connectivity index (χ3n) is 6.56. The summed E-state index contributed by atoms with van der Waals surface area (Å²) < 4.78 is 12.1. The summed E-state index contributed by atoms with van der Waals surface area (Å²) in [5.41, 5.74) is 2.27. The summed E-state index contributed by atoms with van der Waals surface area (Å²) in [7, 11) is 3.48. The summed E-state index contributed by atoms with van der Waals surface area (Å²) in [6.07, 6.45) is 1.07. The molecule has 0 aliphatic carbocycles. The maximum atomic E-state index is 13.4. The van der Waals surface area contributed by atoms with Gasteiger partial charge in [-0.2, -0.15) is 0 Å². The van der Waals surface area contributed by atoms with Crippen LogP contribution in [-0.2, 0) is 16.1 Å². The van der Waals surface area contributed by atoms with E-state index in [1.165, 1.54) is 5.56 Å². The van der Waals surface area contributed by atoms with Gasteiger partial charge in [-0.05, 0) is 43.0 Å². The van der Waals surface area contributed by atoms with Crippen molar-refractivity contribution < 1.29 is 19.1 Å². The first-order valence-electron chi connectivity index (χ1n) is 12.4. The molecule has 35 heavy (non-hydrogen) atoms. The van der Waals surface area contributed by atoms with Crippen LogP contribution in [0.5, 0.6) is 5.75 Å². The van der Waals surface area contributed by atoms with E-state index in [1.54, 1.807) is 37.3 Å². The molecule has 0 fully saturated rings. The second kappa shape index (κ2) is 12.7. The van der Waals surface area contributed by atoms with E-state index in [0.29, 0.717) is 36.6 Å². The molecular weight excluding hydrogens is 442 g/mol. The highest BCUT2D eigenvalue weighted by Gasteiger charge is 2.28. The highest BCUT2D eigenvalue weighted by molar-refractivity contribution is 5.99. The number of hydrogen-bond donors (Lipinski definition) is 1. The first-order chi connectivity index (χ1) is 16.8. The molecule has 0 bridgehead atoms. The Kier molecular flexibility index (Phi) is 9.69. The molecule has 2 aromatic carbocycles. The lowest BCUT2D eigenvalue weighted by atomic mass is 10.0. The number of methoxy groups -OCH3 is 1. The number of ether oxygens (including phenoxy) is 2. The van der Waals surface area contributed by atoms with E-state index in [2.05, 4.69) is 48.3 Å². The maximum Gasteiger partial charge on any atom is 0.257 e. The number of amides is 2. The zero-order valence-corrected chi connectivity index (χ0v) is 21.6. The molecule has 2 amide bonds. The minimum Gasteiger partial charge on any atom is -0.491 e. The fourth-order valence-electron chi connectivity index (χ4n) is 4.42. The first-order valence-corrected chi connectivity index (χ1v) is 12.4. The topological polar surface area (TPSA) is 71.1 Å². The molecule has 0 spiro atoms. The fourth-order valence-corrected chi connectivity index (χ4v) is 4.42. The molecule has 7 heteroatoms. The zero-order valence-electron chi connectivity index (χ0n) is 21.6.